The molecule has 0 aromatic carbocycles. The van der Waals surface area contributed by atoms with E-state index in [9.17, 15) is 4.79 Å². The molecular formula is C18H18N4OS. The Morgan fingerprint density at radius 3 is 3.00 bits per heavy atom. The predicted molar refractivity (Wildman–Crippen MR) is 94.1 cm³/mol. The van der Waals surface area contributed by atoms with Gasteiger partial charge in [-0.05, 0) is 42.5 Å². The van der Waals surface area contributed by atoms with Crippen LogP contribution in [0.4, 0.5) is 0 Å². The molecule has 1 N–H and O–H groups in total. The molecule has 0 bridgehead atoms. The van der Waals surface area contributed by atoms with Crippen molar-refractivity contribution in [3.63, 3.8) is 0 Å². The predicted octanol–water partition coefficient (Wildman–Crippen LogP) is 3.31. The summed E-state index contributed by atoms with van der Waals surface area (Å²) in [4.78, 5) is 16.1. The van der Waals surface area contributed by atoms with E-state index in [4.69, 9.17) is 5.10 Å². The Balaban J connectivity index is 1.43. The molecule has 1 aliphatic carbocycles. The highest BCUT2D eigenvalue weighted by atomic mass is 32.1. The number of rotatable bonds is 6. The third-order valence-electron chi connectivity index (χ3n) is 4.16. The zero-order chi connectivity index (χ0) is 16.4. The average molecular weight is 338 g/mol. The van der Waals surface area contributed by atoms with Crippen molar-refractivity contribution in [3.05, 3.63) is 58.7 Å². The number of amides is 1. The van der Waals surface area contributed by atoms with Gasteiger partial charge in [0.15, 0.2) is 0 Å². The van der Waals surface area contributed by atoms with Gasteiger partial charge in [-0.3, -0.25) is 14.5 Å². The van der Waals surface area contributed by atoms with Gasteiger partial charge < -0.3 is 5.32 Å². The number of thiophene rings is 1. The third-order valence-corrected chi connectivity index (χ3v) is 4.84. The summed E-state index contributed by atoms with van der Waals surface area (Å²) in [6, 6.07) is 7.82. The molecule has 3 aromatic heterocycles. The second-order valence-electron chi connectivity index (χ2n) is 5.96. The largest absolute Gasteiger partial charge is 0.350 e. The Hall–Kier alpha value is -2.47. The summed E-state index contributed by atoms with van der Waals surface area (Å²) >= 11 is 1.68. The SMILES string of the molecule is O=C(NCCn1nc(-c2ccsc2)cc1C1CC1)c1cccnc1. The quantitative estimate of drug-likeness (QED) is 0.750. The van der Waals surface area contributed by atoms with Crippen LogP contribution in [0.15, 0.2) is 47.4 Å². The summed E-state index contributed by atoms with van der Waals surface area (Å²) in [7, 11) is 0. The van der Waals surface area contributed by atoms with Crippen LogP contribution in [-0.2, 0) is 6.54 Å². The van der Waals surface area contributed by atoms with Crippen molar-refractivity contribution in [3.8, 4) is 11.3 Å². The fraction of sp³-hybridized carbons (Fsp3) is 0.278. The maximum Gasteiger partial charge on any atom is 0.252 e. The van der Waals surface area contributed by atoms with Crippen molar-refractivity contribution >= 4 is 17.2 Å². The lowest BCUT2D eigenvalue weighted by Crippen LogP contribution is -2.28. The van der Waals surface area contributed by atoms with Crippen molar-refractivity contribution in [2.45, 2.75) is 25.3 Å². The molecule has 0 aliphatic heterocycles. The zero-order valence-corrected chi connectivity index (χ0v) is 14.0. The molecule has 122 valence electrons. The van der Waals surface area contributed by atoms with Crippen LogP contribution in [-0.4, -0.2) is 27.2 Å². The smallest absolute Gasteiger partial charge is 0.252 e. The van der Waals surface area contributed by atoms with Crippen molar-refractivity contribution in [2.24, 2.45) is 0 Å². The molecule has 6 heteroatoms. The van der Waals surface area contributed by atoms with Crippen molar-refractivity contribution in [2.75, 3.05) is 6.54 Å². The Morgan fingerprint density at radius 1 is 1.38 bits per heavy atom. The minimum atomic E-state index is -0.0960. The van der Waals surface area contributed by atoms with Gasteiger partial charge in [0.25, 0.3) is 5.91 Å². The molecular weight excluding hydrogens is 320 g/mol. The van der Waals surface area contributed by atoms with Crippen LogP contribution in [0.3, 0.4) is 0 Å². The topological polar surface area (TPSA) is 59.8 Å². The van der Waals surface area contributed by atoms with Gasteiger partial charge in [-0.15, -0.1) is 0 Å². The maximum absolute atomic E-state index is 12.1. The molecule has 5 nitrogen and oxygen atoms in total. The fourth-order valence-electron chi connectivity index (χ4n) is 2.74. The van der Waals surface area contributed by atoms with Crippen LogP contribution < -0.4 is 5.32 Å². The first-order chi connectivity index (χ1) is 11.8. The zero-order valence-electron chi connectivity index (χ0n) is 13.2. The number of carbonyl (C=O) groups is 1. The number of nitrogens with one attached hydrogen (secondary N) is 1. The lowest BCUT2D eigenvalue weighted by molar-refractivity contribution is 0.0951. The molecule has 1 aliphatic rings. The number of hydrogen-bond donors (Lipinski definition) is 1. The van der Waals surface area contributed by atoms with Crippen molar-refractivity contribution in [1.29, 1.82) is 0 Å². The van der Waals surface area contributed by atoms with Crippen LogP contribution in [0.5, 0.6) is 0 Å². The van der Waals surface area contributed by atoms with E-state index < -0.39 is 0 Å². The van der Waals surface area contributed by atoms with Crippen molar-refractivity contribution < 1.29 is 4.79 Å². The molecule has 1 amide bonds. The van der Waals surface area contributed by atoms with E-state index in [0.717, 1.165) is 5.69 Å². The highest BCUT2D eigenvalue weighted by Gasteiger charge is 2.28. The normalized spacial score (nSPS) is 13.8. The highest BCUT2D eigenvalue weighted by molar-refractivity contribution is 7.08. The van der Waals surface area contributed by atoms with E-state index in [2.05, 4.69) is 33.2 Å². The monoisotopic (exact) mass is 338 g/mol. The van der Waals surface area contributed by atoms with Gasteiger partial charge in [-0.25, -0.2) is 0 Å². The van der Waals surface area contributed by atoms with E-state index in [1.54, 1.807) is 35.9 Å². The Labute approximate surface area is 144 Å². The highest BCUT2D eigenvalue weighted by Crippen LogP contribution is 2.41. The lowest BCUT2D eigenvalue weighted by atomic mass is 10.2. The Morgan fingerprint density at radius 2 is 2.29 bits per heavy atom. The molecule has 0 saturated heterocycles. The molecule has 0 atom stereocenters. The molecule has 1 fully saturated rings. The van der Waals surface area contributed by atoms with Gasteiger partial charge in [0.05, 0.1) is 17.8 Å². The van der Waals surface area contributed by atoms with Gasteiger partial charge in [-0.1, -0.05) is 0 Å². The first-order valence-corrected chi connectivity index (χ1v) is 9.04. The Kier molecular flexibility index (Phi) is 4.13. The second kappa shape index (κ2) is 6.57. The van der Waals surface area contributed by atoms with Crippen molar-refractivity contribution in [1.82, 2.24) is 20.1 Å². The minimum absolute atomic E-state index is 0.0960. The van der Waals surface area contributed by atoms with E-state index in [1.165, 1.54) is 24.1 Å². The molecule has 0 radical (unpaired) electrons. The molecule has 1 saturated carbocycles. The minimum Gasteiger partial charge on any atom is -0.350 e. The van der Waals surface area contributed by atoms with E-state index in [0.29, 0.717) is 24.6 Å². The van der Waals surface area contributed by atoms with Crippen LogP contribution in [0.25, 0.3) is 11.3 Å². The molecule has 0 unspecified atom stereocenters. The number of pyridine rings is 1. The molecule has 3 heterocycles. The molecule has 4 rings (SSSR count). The van der Waals surface area contributed by atoms with Gasteiger partial charge in [-0.2, -0.15) is 16.4 Å². The van der Waals surface area contributed by atoms with Crippen LogP contribution in [0, 0.1) is 0 Å². The van der Waals surface area contributed by atoms with E-state index in [-0.39, 0.29) is 5.91 Å². The molecule has 24 heavy (non-hydrogen) atoms. The van der Waals surface area contributed by atoms with Crippen LogP contribution >= 0.6 is 11.3 Å². The standard InChI is InChI=1S/C18H18N4OS/c23-18(14-2-1-6-19-11-14)20-7-8-22-17(13-3-4-13)10-16(21-22)15-5-9-24-12-15/h1-2,5-6,9-13H,3-4,7-8H2,(H,20,23). The summed E-state index contributed by atoms with van der Waals surface area (Å²) in [6.07, 6.45) is 5.70. The van der Waals surface area contributed by atoms with Gasteiger partial charge in [0, 0.05) is 41.5 Å². The van der Waals surface area contributed by atoms with Gasteiger partial charge in [0.2, 0.25) is 0 Å². The van der Waals surface area contributed by atoms with Gasteiger partial charge in [0.1, 0.15) is 0 Å². The lowest BCUT2D eigenvalue weighted by Gasteiger charge is -2.08. The fourth-order valence-corrected chi connectivity index (χ4v) is 3.39. The Bertz CT molecular complexity index is 822. The summed E-state index contributed by atoms with van der Waals surface area (Å²) in [5.74, 6) is 0.528. The summed E-state index contributed by atoms with van der Waals surface area (Å²) in [5.41, 5.74) is 4.06. The van der Waals surface area contributed by atoms with E-state index in [1.807, 2.05) is 4.68 Å². The van der Waals surface area contributed by atoms with Crippen LogP contribution in [0.1, 0.15) is 34.8 Å². The first-order valence-electron chi connectivity index (χ1n) is 8.10. The van der Waals surface area contributed by atoms with Crippen LogP contribution in [0.2, 0.25) is 0 Å². The third kappa shape index (κ3) is 3.23. The number of aromatic nitrogens is 3. The molecule has 0 spiro atoms. The number of carbonyl (C=O) groups excluding carboxylic acids is 1. The van der Waals surface area contributed by atoms with E-state index >= 15 is 0 Å². The summed E-state index contributed by atoms with van der Waals surface area (Å²) in [5, 5.41) is 11.9. The molecule has 3 aromatic rings. The summed E-state index contributed by atoms with van der Waals surface area (Å²) in [6.45, 7) is 1.24. The first kappa shape index (κ1) is 15.1. The number of hydrogen-bond acceptors (Lipinski definition) is 4. The average Bonchev–Trinajstić information content (AvgIpc) is 3.14. The summed E-state index contributed by atoms with van der Waals surface area (Å²) < 4.78 is 2.05. The maximum atomic E-state index is 12.1. The number of nitrogens with zero attached hydrogens (tertiary/aromatic N) is 3. The van der Waals surface area contributed by atoms with Gasteiger partial charge >= 0.3 is 0 Å². The second-order valence-corrected chi connectivity index (χ2v) is 6.74.